The Morgan fingerprint density at radius 1 is 1.00 bits per heavy atom. The fourth-order valence-electron chi connectivity index (χ4n) is 1.05. The van der Waals surface area contributed by atoms with E-state index in [1.165, 1.54) is 0 Å². The SMILES string of the molecule is N.N.O=C(O)C1(C(=O)O)CCC1.[Pt+2]. The molecular formula is C6H14N2O4Pt+2. The first-order valence-electron chi connectivity index (χ1n) is 3.06. The molecule has 0 aromatic heterocycles. The Morgan fingerprint density at radius 2 is 1.31 bits per heavy atom. The number of carbonyl (C=O) groups is 2. The van der Waals surface area contributed by atoms with Gasteiger partial charge in [-0.2, -0.15) is 0 Å². The monoisotopic (exact) mass is 373 g/mol. The summed E-state index contributed by atoms with van der Waals surface area (Å²) in [6, 6.07) is 0. The van der Waals surface area contributed by atoms with E-state index in [1.807, 2.05) is 0 Å². The summed E-state index contributed by atoms with van der Waals surface area (Å²) in [7, 11) is 0. The molecule has 1 aliphatic carbocycles. The van der Waals surface area contributed by atoms with Gasteiger partial charge in [0.1, 0.15) is 0 Å². The summed E-state index contributed by atoms with van der Waals surface area (Å²) in [6.07, 6.45) is 1.26. The number of rotatable bonds is 2. The molecule has 80 valence electrons. The van der Waals surface area contributed by atoms with Crippen molar-refractivity contribution in [3.05, 3.63) is 0 Å². The number of hydrogen-bond acceptors (Lipinski definition) is 4. The molecule has 0 bridgehead atoms. The maximum Gasteiger partial charge on any atom is 2.00 e. The fourth-order valence-corrected chi connectivity index (χ4v) is 1.05. The van der Waals surface area contributed by atoms with Gasteiger partial charge >= 0.3 is 33.0 Å². The maximum atomic E-state index is 10.4. The molecule has 7 heteroatoms. The first-order chi connectivity index (χ1) is 4.59. The number of aliphatic carboxylic acids is 2. The molecule has 0 atom stereocenters. The van der Waals surface area contributed by atoms with Gasteiger partial charge < -0.3 is 22.5 Å². The molecule has 0 aromatic rings. The van der Waals surface area contributed by atoms with Gasteiger partial charge in [0.25, 0.3) is 0 Å². The Morgan fingerprint density at radius 3 is 1.31 bits per heavy atom. The van der Waals surface area contributed by atoms with Crippen molar-refractivity contribution in [1.82, 2.24) is 12.3 Å². The van der Waals surface area contributed by atoms with E-state index in [0.717, 1.165) is 0 Å². The molecule has 0 amide bonds. The molecule has 6 nitrogen and oxygen atoms in total. The summed E-state index contributed by atoms with van der Waals surface area (Å²) >= 11 is 0. The van der Waals surface area contributed by atoms with Crippen LogP contribution in [0.1, 0.15) is 19.3 Å². The Hall–Kier alpha value is -0.452. The zero-order valence-corrected chi connectivity index (χ0v) is 9.33. The molecule has 1 fully saturated rings. The predicted molar refractivity (Wildman–Crippen MR) is 41.6 cm³/mol. The molecule has 1 saturated carbocycles. The van der Waals surface area contributed by atoms with Crippen LogP contribution in [0.2, 0.25) is 0 Å². The van der Waals surface area contributed by atoms with Crippen molar-refractivity contribution in [2.24, 2.45) is 5.41 Å². The van der Waals surface area contributed by atoms with E-state index in [4.69, 9.17) is 10.2 Å². The molecule has 0 radical (unpaired) electrons. The summed E-state index contributed by atoms with van der Waals surface area (Å²) in [5.74, 6) is -2.41. The van der Waals surface area contributed by atoms with Gasteiger partial charge in [0, 0.05) is 0 Å². The van der Waals surface area contributed by atoms with E-state index >= 15 is 0 Å². The Labute approximate surface area is 90.1 Å². The topological polar surface area (TPSA) is 145 Å². The number of carboxylic acids is 2. The molecule has 0 heterocycles. The third-order valence-electron chi connectivity index (χ3n) is 2.03. The Kier molecular flexibility index (Phi) is 8.57. The van der Waals surface area contributed by atoms with E-state index in [2.05, 4.69) is 0 Å². The molecule has 0 aliphatic heterocycles. The van der Waals surface area contributed by atoms with E-state index < -0.39 is 17.4 Å². The molecule has 0 unspecified atom stereocenters. The largest absolute Gasteiger partial charge is 2.00 e. The average molecular weight is 373 g/mol. The van der Waals surface area contributed by atoms with Crippen molar-refractivity contribution in [3.63, 3.8) is 0 Å². The van der Waals surface area contributed by atoms with Crippen LogP contribution in [-0.2, 0) is 30.7 Å². The van der Waals surface area contributed by atoms with Gasteiger partial charge in [-0.1, -0.05) is 0 Å². The first-order valence-corrected chi connectivity index (χ1v) is 3.06. The van der Waals surface area contributed by atoms with Gasteiger partial charge in [0.2, 0.25) is 0 Å². The maximum absolute atomic E-state index is 10.4. The molecule has 1 rings (SSSR count). The van der Waals surface area contributed by atoms with Crippen LogP contribution in [0, 0.1) is 5.41 Å². The van der Waals surface area contributed by atoms with Crippen molar-refractivity contribution in [2.75, 3.05) is 0 Å². The summed E-state index contributed by atoms with van der Waals surface area (Å²) in [5, 5.41) is 16.9. The summed E-state index contributed by atoms with van der Waals surface area (Å²) in [6.45, 7) is 0. The van der Waals surface area contributed by atoms with Crippen molar-refractivity contribution in [2.45, 2.75) is 19.3 Å². The van der Waals surface area contributed by atoms with Gasteiger partial charge in [-0.25, -0.2) is 0 Å². The quantitative estimate of drug-likeness (QED) is 0.523. The zero-order chi connectivity index (χ0) is 7.78. The summed E-state index contributed by atoms with van der Waals surface area (Å²) in [4.78, 5) is 20.7. The molecule has 1 aliphatic rings. The van der Waals surface area contributed by atoms with E-state index in [-0.39, 0.29) is 46.2 Å². The van der Waals surface area contributed by atoms with Gasteiger partial charge in [0.15, 0.2) is 5.41 Å². The van der Waals surface area contributed by atoms with Crippen LogP contribution in [0.5, 0.6) is 0 Å². The van der Waals surface area contributed by atoms with Crippen LogP contribution in [0.3, 0.4) is 0 Å². The second-order valence-electron chi connectivity index (χ2n) is 2.55. The van der Waals surface area contributed by atoms with Crippen LogP contribution >= 0.6 is 0 Å². The van der Waals surface area contributed by atoms with Crippen molar-refractivity contribution in [3.8, 4) is 0 Å². The summed E-state index contributed by atoms with van der Waals surface area (Å²) < 4.78 is 0. The molecule has 13 heavy (non-hydrogen) atoms. The number of hydrogen-bond donors (Lipinski definition) is 4. The molecule has 0 saturated heterocycles. The van der Waals surface area contributed by atoms with Crippen molar-refractivity contribution >= 4 is 11.9 Å². The standard InChI is InChI=1S/C6H8O4.2H3N.Pt/c7-4(8)6(5(9)10)2-1-3-6;;;/h1-3H2,(H,7,8)(H,9,10);2*1H3;/q;;;+2. The number of carboxylic acid groups (broad SMARTS) is 2. The van der Waals surface area contributed by atoms with E-state index in [9.17, 15) is 9.59 Å². The smallest absolute Gasteiger partial charge is 0.480 e. The van der Waals surface area contributed by atoms with Crippen LogP contribution in [0.4, 0.5) is 0 Å². The zero-order valence-electron chi connectivity index (χ0n) is 7.06. The van der Waals surface area contributed by atoms with Crippen LogP contribution in [0.15, 0.2) is 0 Å². The van der Waals surface area contributed by atoms with Crippen LogP contribution in [-0.4, -0.2) is 22.2 Å². The van der Waals surface area contributed by atoms with Crippen LogP contribution in [0.25, 0.3) is 0 Å². The van der Waals surface area contributed by atoms with Crippen molar-refractivity contribution in [1.29, 1.82) is 0 Å². The minimum absolute atomic E-state index is 0. The first kappa shape index (κ1) is 18.4. The van der Waals surface area contributed by atoms with Gasteiger partial charge in [-0.15, -0.1) is 0 Å². The minimum atomic E-state index is -1.44. The third-order valence-corrected chi connectivity index (χ3v) is 2.03. The van der Waals surface area contributed by atoms with E-state index in [0.29, 0.717) is 6.42 Å². The normalized spacial score (nSPS) is 16.3. The second-order valence-corrected chi connectivity index (χ2v) is 2.55. The third kappa shape index (κ3) is 2.76. The van der Waals surface area contributed by atoms with E-state index in [1.54, 1.807) is 0 Å². The molecular weight excluding hydrogens is 359 g/mol. The second kappa shape index (κ2) is 6.07. The molecule has 0 aromatic carbocycles. The Balaban J connectivity index is -0.000000333. The fraction of sp³-hybridized carbons (Fsp3) is 0.667. The minimum Gasteiger partial charge on any atom is -0.480 e. The molecule has 8 N–H and O–H groups in total. The van der Waals surface area contributed by atoms with Gasteiger partial charge in [-0.05, 0) is 19.3 Å². The van der Waals surface area contributed by atoms with Crippen molar-refractivity contribution < 1.29 is 40.9 Å². The van der Waals surface area contributed by atoms with Gasteiger partial charge in [0.05, 0.1) is 0 Å². The molecule has 0 spiro atoms. The average Bonchev–Trinajstić information content (AvgIpc) is 1.57. The van der Waals surface area contributed by atoms with Gasteiger partial charge in [-0.3, -0.25) is 9.59 Å². The predicted octanol–water partition coefficient (Wildman–Crippen LogP) is 0.647. The Bertz CT molecular complexity index is 177. The van der Waals surface area contributed by atoms with Crippen LogP contribution < -0.4 is 12.3 Å². The summed E-state index contributed by atoms with van der Waals surface area (Å²) in [5.41, 5.74) is -1.44.